The molecule has 7 heteroatoms. The van der Waals surface area contributed by atoms with Crippen molar-refractivity contribution in [3.05, 3.63) is 0 Å². The van der Waals surface area contributed by atoms with Gasteiger partial charge in [0.05, 0.1) is 7.11 Å². The van der Waals surface area contributed by atoms with Gasteiger partial charge in [-0.15, -0.1) is 0 Å². The van der Waals surface area contributed by atoms with Crippen LogP contribution in [0.2, 0.25) is 0 Å². The summed E-state index contributed by atoms with van der Waals surface area (Å²) >= 11 is 0. The van der Waals surface area contributed by atoms with Crippen molar-refractivity contribution in [3.8, 4) is 0 Å². The first-order valence-electron chi connectivity index (χ1n) is 3.30. The highest BCUT2D eigenvalue weighted by Crippen LogP contribution is 1.99. The predicted molar refractivity (Wildman–Crippen MR) is 37.3 cm³/mol. The number of urea groups is 1. The van der Waals surface area contributed by atoms with E-state index in [0.717, 1.165) is 7.11 Å². The molecule has 0 saturated carbocycles. The number of esters is 1. The van der Waals surface area contributed by atoms with Gasteiger partial charge in [-0.2, -0.15) is 0 Å². The lowest BCUT2D eigenvalue weighted by Gasteiger charge is -2.07. The Labute approximate surface area is 72.6 Å². The zero-order chi connectivity index (χ0) is 10.0. The Balaban J connectivity index is 2.70. The number of nitrogens with one attached hydrogen (secondary N) is 1. The van der Waals surface area contributed by atoms with Gasteiger partial charge in [0.2, 0.25) is 0 Å². The standard InChI is InChI=1S/C6H6N2O5/c1-13-3(9)2-8-5(11)4(10)7-6(8)12/h2H2,1H3,(H,7,10,12). The van der Waals surface area contributed by atoms with Crippen LogP contribution in [0.4, 0.5) is 4.79 Å². The average molecular weight is 186 g/mol. The van der Waals surface area contributed by atoms with E-state index in [2.05, 4.69) is 4.74 Å². The highest BCUT2D eigenvalue weighted by molar-refractivity contribution is 6.45. The first kappa shape index (κ1) is 9.17. The smallest absolute Gasteiger partial charge is 0.332 e. The highest BCUT2D eigenvalue weighted by Gasteiger charge is 2.38. The van der Waals surface area contributed by atoms with Crippen molar-refractivity contribution < 1.29 is 23.9 Å². The summed E-state index contributed by atoms with van der Waals surface area (Å²) in [6, 6.07) is -0.902. The number of hydrogen-bond acceptors (Lipinski definition) is 5. The minimum Gasteiger partial charge on any atom is -0.468 e. The summed E-state index contributed by atoms with van der Waals surface area (Å²) in [6.45, 7) is -0.549. The Morgan fingerprint density at radius 3 is 2.46 bits per heavy atom. The normalized spacial score (nSPS) is 16.1. The van der Waals surface area contributed by atoms with Crippen molar-refractivity contribution in [1.29, 1.82) is 0 Å². The molecule has 1 aliphatic rings. The molecule has 0 spiro atoms. The molecule has 0 aromatic rings. The number of nitrogens with zero attached hydrogens (tertiary/aromatic N) is 1. The van der Waals surface area contributed by atoms with E-state index in [0.29, 0.717) is 4.90 Å². The summed E-state index contributed by atoms with van der Waals surface area (Å²) < 4.78 is 4.22. The second-order valence-electron chi connectivity index (χ2n) is 2.23. The molecule has 0 bridgehead atoms. The summed E-state index contributed by atoms with van der Waals surface area (Å²) in [5.41, 5.74) is 0. The second kappa shape index (κ2) is 3.21. The molecule has 0 aromatic heterocycles. The van der Waals surface area contributed by atoms with Crippen LogP contribution in [0.5, 0.6) is 0 Å². The summed E-state index contributed by atoms with van der Waals surface area (Å²) in [5.74, 6) is -2.84. The minimum absolute atomic E-state index is 0.480. The molecule has 70 valence electrons. The molecular formula is C6H6N2O5. The number of hydrogen-bond donors (Lipinski definition) is 1. The largest absolute Gasteiger partial charge is 0.468 e. The van der Waals surface area contributed by atoms with Gasteiger partial charge in [0.25, 0.3) is 0 Å². The van der Waals surface area contributed by atoms with Crippen molar-refractivity contribution in [2.75, 3.05) is 13.7 Å². The third-order valence-electron chi connectivity index (χ3n) is 1.42. The van der Waals surface area contributed by atoms with Crippen molar-refractivity contribution >= 4 is 23.8 Å². The van der Waals surface area contributed by atoms with E-state index in [1.807, 2.05) is 0 Å². The Hall–Kier alpha value is -1.92. The lowest BCUT2D eigenvalue weighted by molar-refractivity contribution is -0.146. The molecule has 0 unspecified atom stereocenters. The highest BCUT2D eigenvalue weighted by atomic mass is 16.5. The Bertz CT molecular complexity index is 297. The van der Waals surface area contributed by atoms with Gasteiger partial charge in [0, 0.05) is 0 Å². The number of imide groups is 2. The van der Waals surface area contributed by atoms with E-state index in [-0.39, 0.29) is 0 Å². The van der Waals surface area contributed by atoms with Gasteiger partial charge in [-0.1, -0.05) is 0 Å². The summed E-state index contributed by atoms with van der Waals surface area (Å²) in [7, 11) is 1.11. The van der Waals surface area contributed by atoms with Crippen LogP contribution < -0.4 is 5.32 Å². The molecule has 4 amide bonds. The van der Waals surface area contributed by atoms with E-state index in [1.165, 1.54) is 0 Å². The van der Waals surface area contributed by atoms with Crippen LogP contribution in [-0.2, 0) is 19.1 Å². The molecule has 0 aromatic carbocycles. The topological polar surface area (TPSA) is 92.8 Å². The van der Waals surface area contributed by atoms with Crippen LogP contribution in [-0.4, -0.2) is 42.4 Å². The SMILES string of the molecule is COC(=O)CN1C(=O)NC(=O)C1=O. The molecule has 1 aliphatic heterocycles. The van der Waals surface area contributed by atoms with Crippen LogP contribution in [0.15, 0.2) is 0 Å². The predicted octanol–water partition coefficient (Wildman–Crippen LogP) is -1.76. The quantitative estimate of drug-likeness (QED) is 0.313. The van der Waals surface area contributed by atoms with Crippen LogP contribution in [0.3, 0.4) is 0 Å². The van der Waals surface area contributed by atoms with Crippen LogP contribution in [0.1, 0.15) is 0 Å². The third kappa shape index (κ3) is 1.63. The molecule has 1 fully saturated rings. The summed E-state index contributed by atoms with van der Waals surface area (Å²) in [6.07, 6.45) is 0. The number of ether oxygens (including phenoxy) is 1. The number of rotatable bonds is 2. The van der Waals surface area contributed by atoms with E-state index in [9.17, 15) is 19.2 Å². The molecule has 1 saturated heterocycles. The fraction of sp³-hybridized carbons (Fsp3) is 0.333. The van der Waals surface area contributed by atoms with Crippen molar-refractivity contribution in [2.24, 2.45) is 0 Å². The Morgan fingerprint density at radius 2 is 2.08 bits per heavy atom. The van der Waals surface area contributed by atoms with Gasteiger partial charge in [-0.05, 0) is 0 Å². The number of carbonyl (C=O) groups excluding carboxylic acids is 4. The molecule has 0 radical (unpaired) electrons. The summed E-state index contributed by atoms with van der Waals surface area (Å²) in [5, 5.41) is 1.74. The third-order valence-corrected chi connectivity index (χ3v) is 1.42. The average Bonchev–Trinajstić information content (AvgIpc) is 2.32. The van der Waals surface area contributed by atoms with Crippen LogP contribution in [0.25, 0.3) is 0 Å². The van der Waals surface area contributed by atoms with E-state index in [4.69, 9.17) is 0 Å². The lowest BCUT2D eigenvalue weighted by Crippen LogP contribution is -2.36. The van der Waals surface area contributed by atoms with Gasteiger partial charge < -0.3 is 4.74 Å². The number of carbonyl (C=O) groups is 4. The summed E-state index contributed by atoms with van der Waals surface area (Å²) in [4.78, 5) is 43.4. The molecule has 0 atom stereocenters. The molecular weight excluding hydrogens is 180 g/mol. The van der Waals surface area contributed by atoms with Gasteiger partial charge in [0.15, 0.2) is 0 Å². The number of methoxy groups -OCH3 is 1. The number of amides is 4. The first-order valence-corrected chi connectivity index (χ1v) is 3.30. The molecule has 13 heavy (non-hydrogen) atoms. The van der Waals surface area contributed by atoms with Crippen molar-refractivity contribution in [2.45, 2.75) is 0 Å². The van der Waals surface area contributed by atoms with Crippen molar-refractivity contribution in [3.63, 3.8) is 0 Å². The Kier molecular flexibility index (Phi) is 2.27. The zero-order valence-corrected chi connectivity index (χ0v) is 6.70. The maximum absolute atomic E-state index is 10.9. The molecule has 0 aliphatic carbocycles. The molecule has 7 nitrogen and oxygen atoms in total. The van der Waals surface area contributed by atoms with Crippen LogP contribution in [0, 0.1) is 0 Å². The van der Waals surface area contributed by atoms with Crippen LogP contribution >= 0.6 is 0 Å². The fourth-order valence-electron chi connectivity index (χ4n) is 0.770. The van der Waals surface area contributed by atoms with E-state index >= 15 is 0 Å². The lowest BCUT2D eigenvalue weighted by atomic mass is 10.5. The Morgan fingerprint density at radius 1 is 1.46 bits per heavy atom. The zero-order valence-electron chi connectivity index (χ0n) is 6.70. The van der Waals surface area contributed by atoms with Gasteiger partial charge >= 0.3 is 23.8 Å². The van der Waals surface area contributed by atoms with Gasteiger partial charge in [-0.3, -0.25) is 19.7 Å². The minimum atomic E-state index is -1.05. The fourth-order valence-corrected chi connectivity index (χ4v) is 0.770. The van der Waals surface area contributed by atoms with Gasteiger partial charge in [-0.25, -0.2) is 9.69 Å². The molecule has 1 rings (SSSR count). The monoisotopic (exact) mass is 186 g/mol. The maximum atomic E-state index is 10.9. The molecule has 1 heterocycles. The van der Waals surface area contributed by atoms with Gasteiger partial charge in [0.1, 0.15) is 6.54 Å². The van der Waals surface area contributed by atoms with E-state index < -0.39 is 30.4 Å². The second-order valence-corrected chi connectivity index (χ2v) is 2.23. The maximum Gasteiger partial charge on any atom is 0.332 e. The molecule has 1 N–H and O–H groups in total. The van der Waals surface area contributed by atoms with Crippen molar-refractivity contribution in [1.82, 2.24) is 10.2 Å². The first-order chi connectivity index (χ1) is 6.06. The van der Waals surface area contributed by atoms with E-state index in [1.54, 1.807) is 5.32 Å².